The summed E-state index contributed by atoms with van der Waals surface area (Å²) in [5.41, 5.74) is 6.84. The Morgan fingerprint density at radius 1 is 1.54 bits per heavy atom. The van der Waals surface area contributed by atoms with E-state index in [1.54, 1.807) is 0 Å². The third-order valence-corrected chi connectivity index (χ3v) is 2.49. The van der Waals surface area contributed by atoms with Crippen molar-refractivity contribution in [3.05, 3.63) is 18.0 Å². The summed E-state index contributed by atoms with van der Waals surface area (Å²) in [6.07, 6.45) is 2.97. The van der Waals surface area contributed by atoms with Gasteiger partial charge in [0.05, 0.1) is 5.69 Å². The molecule has 74 valence electrons. The van der Waals surface area contributed by atoms with E-state index in [0.717, 1.165) is 18.7 Å². The van der Waals surface area contributed by atoms with Gasteiger partial charge in [-0.25, -0.2) is 0 Å². The van der Waals surface area contributed by atoms with Gasteiger partial charge >= 0.3 is 0 Å². The Balaban J connectivity index is 2.56. The second kappa shape index (κ2) is 4.42. The van der Waals surface area contributed by atoms with Gasteiger partial charge in [-0.15, -0.1) is 0 Å². The Morgan fingerprint density at radius 3 is 2.62 bits per heavy atom. The highest BCUT2D eigenvalue weighted by Crippen LogP contribution is 2.14. The third kappa shape index (κ3) is 2.84. The van der Waals surface area contributed by atoms with Gasteiger partial charge in [0.25, 0.3) is 0 Å². The van der Waals surface area contributed by atoms with E-state index in [0.29, 0.717) is 11.8 Å². The number of aromatic nitrogens is 2. The fraction of sp³-hybridized carbons (Fsp3) is 0.700. The molecule has 3 heteroatoms. The average molecular weight is 181 g/mol. The molecule has 2 N–H and O–H groups in total. The van der Waals surface area contributed by atoms with Crippen LogP contribution in [-0.4, -0.2) is 16.3 Å². The van der Waals surface area contributed by atoms with Crippen LogP contribution in [0.25, 0.3) is 0 Å². The number of aryl methyl sites for hydroxylation is 1. The maximum atomic E-state index is 5.69. The molecule has 13 heavy (non-hydrogen) atoms. The fourth-order valence-electron chi connectivity index (χ4n) is 1.43. The van der Waals surface area contributed by atoms with Gasteiger partial charge in [-0.2, -0.15) is 5.10 Å². The molecule has 0 radical (unpaired) electrons. The molecule has 1 heterocycles. The topological polar surface area (TPSA) is 43.8 Å². The highest BCUT2D eigenvalue weighted by atomic mass is 15.2. The Hall–Kier alpha value is -0.830. The van der Waals surface area contributed by atoms with E-state index in [1.807, 2.05) is 17.9 Å². The molecule has 0 aliphatic carbocycles. The zero-order chi connectivity index (χ0) is 9.84. The molecule has 0 bridgehead atoms. The Morgan fingerprint density at radius 2 is 2.23 bits per heavy atom. The Bertz CT molecular complexity index is 252. The summed E-state index contributed by atoms with van der Waals surface area (Å²) in [5.74, 6) is 1.18. The first-order chi connectivity index (χ1) is 6.13. The summed E-state index contributed by atoms with van der Waals surface area (Å²) < 4.78 is 1.84. The second-order valence-electron chi connectivity index (χ2n) is 3.92. The number of hydrogen-bond donors (Lipinski definition) is 1. The standard InChI is InChI=1S/C10H19N3/c1-8(2)9(7-11)6-10-4-5-13(3)12-10/h4-5,8-9H,6-7,11H2,1-3H3. The third-order valence-electron chi connectivity index (χ3n) is 2.49. The first-order valence-corrected chi connectivity index (χ1v) is 4.82. The molecule has 1 rings (SSSR count). The SMILES string of the molecule is CC(C)C(CN)Cc1ccn(C)n1. The summed E-state index contributed by atoms with van der Waals surface area (Å²) >= 11 is 0. The quantitative estimate of drug-likeness (QED) is 0.758. The molecule has 0 saturated carbocycles. The van der Waals surface area contributed by atoms with Crippen LogP contribution >= 0.6 is 0 Å². The molecule has 1 atom stereocenters. The van der Waals surface area contributed by atoms with E-state index in [4.69, 9.17) is 5.73 Å². The lowest BCUT2D eigenvalue weighted by Crippen LogP contribution is -2.22. The van der Waals surface area contributed by atoms with E-state index < -0.39 is 0 Å². The number of nitrogens with zero attached hydrogens (tertiary/aromatic N) is 2. The molecule has 1 aromatic heterocycles. The second-order valence-corrected chi connectivity index (χ2v) is 3.92. The highest BCUT2D eigenvalue weighted by molar-refractivity contribution is 5.00. The van der Waals surface area contributed by atoms with Crippen LogP contribution in [0.5, 0.6) is 0 Å². The molecule has 0 aliphatic heterocycles. The molecule has 1 unspecified atom stereocenters. The minimum atomic E-state index is 0.551. The van der Waals surface area contributed by atoms with Crippen molar-refractivity contribution in [3.63, 3.8) is 0 Å². The molecule has 1 aromatic rings. The van der Waals surface area contributed by atoms with Crippen molar-refractivity contribution in [1.29, 1.82) is 0 Å². The van der Waals surface area contributed by atoms with Crippen LogP contribution < -0.4 is 5.73 Å². The van der Waals surface area contributed by atoms with E-state index in [1.165, 1.54) is 0 Å². The summed E-state index contributed by atoms with van der Waals surface area (Å²) in [6.45, 7) is 5.16. The van der Waals surface area contributed by atoms with Gasteiger partial charge in [0.1, 0.15) is 0 Å². The molecule has 0 saturated heterocycles. The van der Waals surface area contributed by atoms with Gasteiger partial charge < -0.3 is 5.73 Å². The van der Waals surface area contributed by atoms with Crippen molar-refractivity contribution < 1.29 is 0 Å². The summed E-state index contributed by atoms with van der Waals surface area (Å²) in [7, 11) is 1.94. The van der Waals surface area contributed by atoms with Gasteiger partial charge in [0, 0.05) is 13.2 Å². The van der Waals surface area contributed by atoms with Crippen LogP contribution in [0, 0.1) is 11.8 Å². The van der Waals surface area contributed by atoms with Crippen molar-refractivity contribution in [2.24, 2.45) is 24.6 Å². The van der Waals surface area contributed by atoms with Gasteiger partial charge in [-0.1, -0.05) is 13.8 Å². The van der Waals surface area contributed by atoms with Crippen LogP contribution in [0.3, 0.4) is 0 Å². The van der Waals surface area contributed by atoms with E-state index in [2.05, 4.69) is 25.0 Å². The summed E-state index contributed by atoms with van der Waals surface area (Å²) in [6, 6.07) is 2.06. The van der Waals surface area contributed by atoms with Crippen LogP contribution in [0.2, 0.25) is 0 Å². The van der Waals surface area contributed by atoms with Crippen molar-refractivity contribution in [3.8, 4) is 0 Å². The first kappa shape index (κ1) is 10.3. The molecular formula is C10H19N3. The lowest BCUT2D eigenvalue weighted by molar-refractivity contribution is 0.387. The largest absolute Gasteiger partial charge is 0.330 e. The maximum absolute atomic E-state index is 5.69. The van der Waals surface area contributed by atoms with Gasteiger partial charge in [0.2, 0.25) is 0 Å². The number of hydrogen-bond acceptors (Lipinski definition) is 2. The predicted octanol–water partition coefficient (Wildman–Crippen LogP) is 1.19. The van der Waals surface area contributed by atoms with Crippen LogP contribution in [0.4, 0.5) is 0 Å². The zero-order valence-corrected chi connectivity index (χ0v) is 8.70. The van der Waals surface area contributed by atoms with Crippen molar-refractivity contribution >= 4 is 0 Å². The van der Waals surface area contributed by atoms with Crippen molar-refractivity contribution in [2.75, 3.05) is 6.54 Å². The molecule has 3 nitrogen and oxygen atoms in total. The minimum Gasteiger partial charge on any atom is -0.330 e. The van der Waals surface area contributed by atoms with Crippen LogP contribution in [-0.2, 0) is 13.5 Å². The Kier molecular flexibility index (Phi) is 3.48. The molecule has 0 aliphatic rings. The fourth-order valence-corrected chi connectivity index (χ4v) is 1.43. The van der Waals surface area contributed by atoms with Gasteiger partial charge in [0.15, 0.2) is 0 Å². The van der Waals surface area contributed by atoms with E-state index >= 15 is 0 Å². The van der Waals surface area contributed by atoms with Gasteiger partial charge in [-0.05, 0) is 30.9 Å². The van der Waals surface area contributed by atoms with Crippen LogP contribution in [0.1, 0.15) is 19.5 Å². The predicted molar refractivity (Wildman–Crippen MR) is 54.3 cm³/mol. The maximum Gasteiger partial charge on any atom is 0.0627 e. The number of rotatable bonds is 4. The molecule has 0 fully saturated rings. The average Bonchev–Trinajstić information content (AvgIpc) is 2.46. The lowest BCUT2D eigenvalue weighted by atomic mass is 9.91. The molecular weight excluding hydrogens is 162 g/mol. The normalized spacial score (nSPS) is 13.6. The van der Waals surface area contributed by atoms with Crippen molar-refractivity contribution in [2.45, 2.75) is 20.3 Å². The summed E-state index contributed by atoms with van der Waals surface area (Å²) in [4.78, 5) is 0. The lowest BCUT2D eigenvalue weighted by Gasteiger charge is -2.16. The molecule has 0 spiro atoms. The number of nitrogens with two attached hydrogens (primary N) is 1. The highest BCUT2D eigenvalue weighted by Gasteiger charge is 2.13. The minimum absolute atomic E-state index is 0.551. The van der Waals surface area contributed by atoms with Crippen LogP contribution in [0.15, 0.2) is 12.3 Å². The Labute approximate surface area is 79.9 Å². The van der Waals surface area contributed by atoms with Gasteiger partial charge in [-0.3, -0.25) is 4.68 Å². The van der Waals surface area contributed by atoms with E-state index in [9.17, 15) is 0 Å². The molecule has 0 amide bonds. The zero-order valence-electron chi connectivity index (χ0n) is 8.70. The monoisotopic (exact) mass is 181 g/mol. The summed E-state index contributed by atoms with van der Waals surface area (Å²) in [5, 5.41) is 4.34. The van der Waals surface area contributed by atoms with E-state index in [-0.39, 0.29) is 0 Å². The molecule has 0 aromatic carbocycles. The van der Waals surface area contributed by atoms with Crippen molar-refractivity contribution in [1.82, 2.24) is 9.78 Å². The first-order valence-electron chi connectivity index (χ1n) is 4.82. The smallest absolute Gasteiger partial charge is 0.0627 e.